The lowest BCUT2D eigenvalue weighted by Gasteiger charge is -2.28. The van der Waals surface area contributed by atoms with E-state index in [0.29, 0.717) is 38.5 Å². The van der Waals surface area contributed by atoms with E-state index in [1.54, 1.807) is 13.3 Å². The quantitative estimate of drug-likeness (QED) is 0.775. The second kappa shape index (κ2) is 8.58. The minimum Gasteiger partial charge on any atom is -0.385 e. The van der Waals surface area contributed by atoms with E-state index in [2.05, 4.69) is 21.3 Å². The predicted molar refractivity (Wildman–Crippen MR) is 108 cm³/mol. The highest BCUT2D eigenvalue weighted by Gasteiger charge is 2.30. The molecule has 28 heavy (non-hydrogen) atoms. The second-order valence-electron chi connectivity index (χ2n) is 6.98. The number of hydrogen-bond acceptors (Lipinski definition) is 6. The Hall–Kier alpha value is -2.64. The van der Waals surface area contributed by atoms with Gasteiger partial charge in [0.2, 0.25) is 0 Å². The number of nitrogens with zero attached hydrogens (tertiary/aromatic N) is 3. The number of aromatic nitrogens is 1. The Balaban J connectivity index is 1.51. The lowest BCUT2D eigenvalue weighted by Crippen LogP contribution is -2.40. The van der Waals surface area contributed by atoms with E-state index in [1.807, 2.05) is 35.2 Å². The molecule has 1 amide bonds. The highest BCUT2D eigenvalue weighted by molar-refractivity contribution is 5.94. The molecule has 2 aromatic rings. The SMILES string of the molecule is COCCCN1c2cccnc2NC1c1ccc(C(=O)N2CCOCC2)cc1. The van der Waals surface area contributed by atoms with Crippen LogP contribution in [-0.2, 0) is 9.47 Å². The van der Waals surface area contributed by atoms with Crippen molar-refractivity contribution in [3.05, 3.63) is 53.7 Å². The molecule has 1 fully saturated rings. The van der Waals surface area contributed by atoms with Gasteiger partial charge in [0.05, 0.1) is 18.9 Å². The van der Waals surface area contributed by atoms with Crippen molar-refractivity contribution in [3.63, 3.8) is 0 Å². The van der Waals surface area contributed by atoms with Crippen LogP contribution in [0.3, 0.4) is 0 Å². The van der Waals surface area contributed by atoms with Gasteiger partial charge in [0, 0.05) is 45.1 Å². The molecule has 7 heteroatoms. The molecular formula is C21H26N4O3. The number of carbonyl (C=O) groups excluding carboxylic acids is 1. The van der Waals surface area contributed by atoms with Crippen LogP contribution >= 0.6 is 0 Å². The fraction of sp³-hybridized carbons (Fsp3) is 0.429. The van der Waals surface area contributed by atoms with E-state index in [1.165, 1.54) is 0 Å². The smallest absolute Gasteiger partial charge is 0.254 e. The third-order valence-corrected chi connectivity index (χ3v) is 5.20. The first-order valence-corrected chi connectivity index (χ1v) is 9.72. The van der Waals surface area contributed by atoms with Crippen LogP contribution in [0.2, 0.25) is 0 Å². The molecule has 4 rings (SSSR count). The number of rotatable bonds is 6. The molecule has 2 aliphatic heterocycles. The molecule has 7 nitrogen and oxygen atoms in total. The molecule has 0 bridgehead atoms. The first-order chi connectivity index (χ1) is 13.8. The number of amides is 1. The lowest BCUT2D eigenvalue weighted by atomic mass is 10.1. The maximum absolute atomic E-state index is 12.7. The van der Waals surface area contributed by atoms with Gasteiger partial charge < -0.3 is 24.6 Å². The van der Waals surface area contributed by atoms with Crippen molar-refractivity contribution in [2.75, 3.05) is 56.8 Å². The molecule has 0 spiro atoms. The third kappa shape index (κ3) is 3.81. The number of benzene rings is 1. The molecule has 3 heterocycles. The van der Waals surface area contributed by atoms with Crippen LogP contribution in [0.4, 0.5) is 11.5 Å². The van der Waals surface area contributed by atoms with Crippen LogP contribution in [0.25, 0.3) is 0 Å². The van der Waals surface area contributed by atoms with Crippen LogP contribution in [-0.4, -0.2) is 62.4 Å². The molecule has 1 aromatic heterocycles. The molecule has 0 saturated carbocycles. The summed E-state index contributed by atoms with van der Waals surface area (Å²) in [6.45, 7) is 4.09. The normalized spacial score (nSPS) is 18.7. The molecule has 0 aliphatic carbocycles. The summed E-state index contributed by atoms with van der Waals surface area (Å²) in [5.41, 5.74) is 2.91. The first-order valence-electron chi connectivity index (χ1n) is 9.72. The van der Waals surface area contributed by atoms with Crippen LogP contribution in [0.15, 0.2) is 42.6 Å². The zero-order chi connectivity index (χ0) is 19.3. The number of ether oxygens (including phenoxy) is 2. The Labute approximate surface area is 165 Å². The summed E-state index contributed by atoms with van der Waals surface area (Å²) in [5.74, 6) is 0.953. The van der Waals surface area contributed by atoms with Crippen molar-refractivity contribution < 1.29 is 14.3 Å². The van der Waals surface area contributed by atoms with E-state index in [0.717, 1.165) is 30.0 Å². The maximum Gasteiger partial charge on any atom is 0.254 e. The number of morpholine rings is 1. The number of fused-ring (bicyclic) bond motifs is 1. The first kappa shape index (κ1) is 18.7. The zero-order valence-corrected chi connectivity index (χ0v) is 16.1. The van der Waals surface area contributed by atoms with E-state index >= 15 is 0 Å². The highest BCUT2D eigenvalue weighted by Crippen LogP contribution is 2.39. The largest absolute Gasteiger partial charge is 0.385 e. The number of hydrogen-bond donors (Lipinski definition) is 1. The summed E-state index contributed by atoms with van der Waals surface area (Å²) in [6, 6.07) is 11.9. The molecule has 1 aromatic carbocycles. The Morgan fingerprint density at radius 3 is 2.79 bits per heavy atom. The maximum atomic E-state index is 12.7. The Kier molecular flexibility index (Phi) is 5.73. The minimum absolute atomic E-state index is 0.00528. The van der Waals surface area contributed by atoms with Gasteiger partial charge in [-0.05, 0) is 36.2 Å². The van der Waals surface area contributed by atoms with Gasteiger partial charge >= 0.3 is 0 Å². The molecule has 1 atom stereocenters. The molecular weight excluding hydrogens is 356 g/mol. The third-order valence-electron chi connectivity index (χ3n) is 5.20. The zero-order valence-electron chi connectivity index (χ0n) is 16.1. The summed E-state index contributed by atoms with van der Waals surface area (Å²) in [4.78, 5) is 21.3. The molecule has 2 aliphatic rings. The number of methoxy groups -OCH3 is 1. The van der Waals surface area contributed by atoms with Crippen LogP contribution < -0.4 is 10.2 Å². The fourth-order valence-corrected chi connectivity index (χ4v) is 3.74. The van der Waals surface area contributed by atoms with Gasteiger partial charge in [0.1, 0.15) is 6.17 Å². The van der Waals surface area contributed by atoms with E-state index in [4.69, 9.17) is 9.47 Å². The van der Waals surface area contributed by atoms with Gasteiger partial charge in [-0.15, -0.1) is 0 Å². The summed E-state index contributed by atoms with van der Waals surface area (Å²) in [6.07, 6.45) is 2.72. The van der Waals surface area contributed by atoms with Gasteiger partial charge in [-0.2, -0.15) is 0 Å². The average molecular weight is 382 g/mol. The van der Waals surface area contributed by atoms with Crippen molar-refractivity contribution in [1.82, 2.24) is 9.88 Å². The van der Waals surface area contributed by atoms with Gasteiger partial charge in [0.15, 0.2) is 5.82 Å². The predicted octanol–water partition coefficient (Wildman–Crippen LogP) is 2.52. The standard InChI is InChI=1S/C21H26N4O3/c1-27-13-3-10-25-18-4-2-9-22-19(18)23-20(25)16-5-7-17(8-6-16)21(26)24-11-14-28-15-12-24/h2,4-9,20H,3,10-15H2,1H3,(H,22,23). The molecule has 1 saturated heterocycles. The van der Waals surface area contributed by atoms with Crippen LogP contribution in [0.1, 0.15) is 28.5 Å². The minimum atomic E-state index is -0.00528. The Morgan fingerprint density at radius 1 is 1.25 bits per heavy atom. The van der Waals surface area contributed by atoms with Gasteiger partial charge in [-0.25, -0.2) is 4.98 Å². The average Bonchev–Trinajstić information content (AvgIpc) is 3.13. The van der Waals surface area contributed by atoms with Crippen molar-refractivity contribution in [2.45, 2.75) is 12.6 Å². The van der Waals surface area contributed by atoms with Crippen LogP contribution in [0, 0.1) is 0 Å². The number of carbonyl (C=O) groups is 1. The summed E-state index contributed by atoms with van der Waals surface area (Å²) < 4.78 is 10.5. The van der Waals surface area contributed by atoms with Gasteiger partial charge in [-0.1, -0.05) is 12.1 Å². The molecule has 0 radical (unpaired) electrons. The topological polar surface area (TPSA) is 66.9 Å². The summed E-state index contributed by atoms with van der Waals surface area (Å²) in [5, 5.41) is 3.50. The molecule has 1 N–H and O–H groups in total. The number of anilines is 2. The van der Waals surface area contributed by atoms with Crippen molar-refractivity contribution in [2.24, 2.45) is 0 Å². The summed E-state index contributed by atoms with van der Waals surface area (Å²) >= 11 is 0. The number of pyridine rings is 1. The number of nitrogens with one attached hydrogen (secondary N) is 1. The van der Waals surface area contributed by atoms with E-state index in [-0.39, 0.29) is 12.1 Å². The highest BCUT2D eigenvalue weighted by atomic mass is 16.5. The lowest BCUT2D eigenvalue weighted by molar-refractivity contribution is 0.0303. The van der Waals surface area contributed by atoms with E-state index < -0.39 is 0 Å². The summed E-state index contributed by atoms with van der Waals surface area (Å²) in [7, 11) is 1.72. The van der Waals surface area contributed by atoms with Gasteiger partial charge in [0.25, 0.3) is 5.91 Å². The van der Waals surface area contributed by atoms with Gasteiger partial charge in [-0.3, -0.25) is 4.79 Å². The van der Waals surface area contributed by atoms with Crippen LogP contribution in [0.5, 0.6) is 0 Å². The van der Waals surface area contributed by atoms with Crippen molar-refractivity contribution in [3.8, 4) is 0 Å². The monoisotopic (exact) mass is 382 g/mol. The van der Waals surface area contributed by atoms with Crippen molar-refractivity contribution in [1.29, 1.82) is 0 Å². The Bertz CT molecular complexity index is 806. The second-order valence-corrected chi connectivity index (χ2v) is 6.98. The molecule has 148 valence electrons. The van der Waals surface area contributed by atoms with Crippen molar-refractivity contribution >= 4 is 17.4 Å². The molecule has 1 unspecified atom stereocenters. The fourth-order valence-electron chi connectivity index (χ4n) is 3.74. The van der Waals surface area contributed by atoms with E-state index in [9.17, 15) is 4.79 Å². The Morgan fingerprint density at radius 2 is 2.04 bits per heavy atom.